The molecule has 3 N–H and O–H groups in total. The maximum absolute atomic E-state index is 15.1. The minimum absolute atomic E-state index is 0.0939. The van der Waals surface area contributed by atoms with E-state index in [1.54, 1.807) is 20.8 Å². The Bertz CT molecular complexity index is 1600. The highest BCUT2D eigenvalue weighted by Crippen LogP contribution is 2.65. The number of rotatable bonds is 6. The zero-order chi connectivity index (χ0) is 31.1. The predicted molar refractivity (Wildman–Crippen MR) is 156 cm³/mol. The van der Waals surface area contributed by atoms with Gasteiger partial charge in [-0.3, -0.25) is 14.9 Å². The van der Waals surface area contributed by atoms with Gasteiger partial charge in [0.15, 0.2) is 5.82 Å². The van der Waals surface area contributed by atoms with Crippen molar-refractivity contribution in [2.24, 2.45) is 5.92 Å². The van der Waals surface area contributed by atoms with Crippen LogP contribution >= 0.6 is 46.4 Å². The molecule has 2 atom stereocenters. The summed E-state index contributed by atoms with van der Waals surface area (Å²) in [4.78, 5) is 38.1. The number of nitrogens with one attached hydrogen (secondary N) is 3. The van der Waals surface area contributed by atoms with Gasteiger partial charge in [0, 0.05) is 11.6 Å². The molecule has 0 radical (unpaired) electrons. The van der Waals surface area contributed by atoms with Crippen LogP contribution in [0.3, 0.4) is 0 Å². The van der Waals surface area contributed by atoms with Gasteiger partial charge in [0.2, 0.25) is 5.91 Å². The van der Waals surface area contributed by atoms with Gasteiger partial charge >= 0.3 is 6.09 Å². The van der Waals surface area contributed by atoms with Crippen LogP contribution in [0.25, 0.3) is 0 Å². The molecule has 1 aliphatic carbocycles. The summed E-state index contributed by atoms with van der Waals surface area (Å²) < 4.78 is 46.7. The van der Waals surface area contributed by atoms with Crippen molar-refractivity contribution in [3.8, 4) is 0 Å². The number of hydrogen-bond donors (Lipinski definition) is 3. The van der Waals surface area contributed by atoms with Crippen molar-refractivity contribution in [3.63, 3.8) is 0 Å². The van der Waals surface area contributed by atoms with Gasteiger partial charge in [0.05, 0.1) is 27.2 Å². The molecule has 1 saturated carbocycles. The third kappa shape index (κ3) is 6.89. The summed E-state index contributed by atoms with van der Waals surface area (Å²) in [6, 6.07) is 9.55. The molecule has 3 aromatic rings. The van der Waals surface area contributed by atoms with Crippen LogP contribution in [0.15, 0.2) is 48.5 Å². The van der Waals surface area contributed by atoms with E-state index in [0.29, 0.717) is 5.56 Å². The van der Waals surface area contributed by atoms with Gasteiger partial charge in [-0.05, 0) is 68.8 Å². The van der Waals surface area contributed by atoms with Crippen LogP contribution in [-0.4, -0.2) is 27.8 Å². The van der Waals surface area contributed by atoms with Gasteiger partial charge in [-0.15, -0.1) is 23.2 Å². The van der Waals surface area contributed by atoms with E-state index >= 15 is 4.39 Å². The van der Waals surface area contributed by atoms with E-state index in [1.807, 2.05) is 0 Å². The van der Waals surface area contributed by atoms with E-state index in [1.165, 1.54) is 30.3 Å². The maximum Gasteiger partial charge on any atom is 0.412 e. The Labute approximate surface area is 258 Å². The van der Waals surface area contributed by atoms with Crippen LogP contribution in [0.1, 0.15) is 42.6 Å². The Morgan fingerprint density at radius 3 is 2.17 bits per heavy atom. The number of alkyl halides is 2. The Balaban J connectivity index is 1.51. The van der Waals surface area contributed by atoms with E-state index in [2.05, 4.69) is 16.0 Å². The van der Waals surface area contributed by atoms with Crippen LogP contribution in [0.5, 0.6) is 0 Å². The second kappa shape index (κ2) is 11.8. The van der Waals surface area contributed by atoms with Gasteiger partial charge in [-0.25, -0.2) is 18.0 Å². The van der Waals surface area contributed by atoms with E-state index in [4.69, 9.17) is 51.1 Å². The molecule has 0 unspecified atom stereocenters. The zero-order valence-corrected chi connectivity index (χ0v) is 25.1. The minimum Gasteiger partial charge on any atom is -0.444 e. The largest absolute Gasteiger partial charge is 0.444 e. The smallest absolute Gasteiger partial charge is 0.412 e. The zero-order valence-electron chi connectivity index (χ0n) is 22.1. The van der Waals surface area contributed by atoms with Gasteiger partial charge in [0.25, 0.3) is 5.91 Å². The highest BCUT2D eigenvalue weighted by atomic mass is 35.5. The molecule has 3 amide bonds. The van der Waals surface area contributed by atoms with Crippen molar-refractivity contribution >= 4 is 81.4 Å². The summed E-state index contributed by atoms with van der Waals surface area (Å²) >= 11 is 24.7. The first-order valence-electron chi connectivity index (χ1n) is 12.2. The lowest BCUT2D eigenvalue weighted by Gasteiger charge is -2.20. The molecule has 0 saturated heterocycles. The van der Waals surface area contributed by atoms with Crippen molar-refractivity contribution in [2.45, 2.75) is 36.6 Å². The molecule has 4 rings (SSSR count). The number of benzene rings is 3. The van der Waals surface area contributed by atoms with E-state index in [-0.39, 0.29) is 21.3 Å². The molecule has 42 heavy (non-hydrogen) atoms. The lowest BCUT2D eigenvalue weighted by molar-refractivity contribution is -0.117. The number of carbonyl (C=O) groups excluding carboxylic acids is 3. The molecular weight excluding hydrogens is 641 g/mol. The van der Waals surface area contributed by atoms with Gasteiger partial charge < -0.3 is 15.4 Å². The van der Waals surface area contributed by atoms with Crippen molar-refractivity contribution in [1.82, 2.24) is 0 Å². The third-order valence-corrected chi connectivity index (χ3v) is 7.64. The second-order valence-electron chi connectivity index (χ2n) is 10.4. The van der Waals surface area contributed by atoms with Crippen LogP contribution in [-0.2, 0) is 9.53 Å². The Morgan fingerprint density at radius 1 is 0.857 bits per heavy atom. The summed E-state index contributed by atoms with van der Waals surface area (Å²) in [5.74, 6) is -6.31. The predicted octanol–water partition coefficient (Wildman–Crippen LogP) is 8.54. The molecule has 1 fully saturated rings. The summed E-state index contributed by atoms with van der Waals surface area (Å²) in [5.41, 5.74) is -1.86. The SMILES string of the molecule is CC(C)(C)OC(=O)Nc1ccc(F)c(NC(=O)c2cc(NC(=O)[C@H]3[C@H](c4ccc(F)c(Cl)c4)C3(Cl)Cl)ccc2Cl)c1F. The Hall–Kier alpha value is -3.18. The number of ether oxygens (including phenoxy) is 1. The first kappa shape index (κ1) is 31.7. The molecular formula is C28H22Cl4F3N3O4. The van der Waals surface area contributed by atoms with E-state index in [0.717, 1.165) is 18.2 Å². The molecule has 3 aromatic carbocycles. The first-order chi connectivity index (χ1) is 19.5. The highest BCUT2D eigenvalue weighted by molar-refractivity contribution is 6.53. The summed E-state index contributed by atoms with van der Waals surface area (Å²) in [5, 5.41) is 6.59. The molecule has 7 nitrogen and oxygen atoms in total. The quantitative estimate of drug-likeness (QED) is 0.231. The average molecular weight is 663 g/mol. The molecule has 0 aliphatic heterocycles. The maximum atomic E-state index is 15.1. The molecule has 0 spiro atoms. The molecule has 14 heteroatoms. The van der Waals surface area contributed by atoms with Crippen molar-refractivity contribution in [1.29, 1.82) is 0 Å². The Kier molecular flexibility index (Phi) is 8.95. The summed E-state index contributed by atoms with van der Waals surface area (Å²) in [7, 11) is 0. The number of hydrogen-bond acceptors (Lipinski definition) is 4. The fourth-order valence-corrected chi connectivity index (χ4v) is 5.35. The van der Waals surface area contributed by atoms with Crippen LogP contribution in [0, 0.1) is 23.4 Å². The van der Waals surface area contributed by atoms with Crippen molar-refractivity contribution in [2.75, 3.05) is 16.0 Å². The number of anilines is 3. The van der Waals surface area contributed by atoms with Crippen molar-refractivity contribution in [3.05, 3.63) is 87.2 Å². The summed E-state index contributed by atoms with van der Waals surface area (Å²) in [6.07, 6.45) is -0.991. The second-order valence-corrected chi connectivity index (χ2v) is 12.6. The Morgan fingerprint density at radius 2 is 1.52 bits per heavy atom. The monoisotopic (exact) mass is 661 g/mol. The van der Waals surface area contributed by atoms with E-state index < -0.39 is 68.5 Å². The topological polar surface area (TPSA) is 96.5 Å². The average Bonchev–Trinajstić information content (AvgIpc) is 3.47. The minimum atomic E-state index is -1.51. The first-order valence-corrected chi connectivity index (χ1v) is 13.7. The molecule has 0 aromatic heterocycles. The van der Waals surface area contributed by atoms with Crippen LogP contribution in [0.4, 0.5) is 35.0 Å². The number of halogens is 7. The van der Waals surface area contributed by atoms with Gasteiger partial charge in [-0.2, -0.15) is 0 Å². The fourth-order valence-electron chi connectivity index (χ4n) is 4.13. The standard InChI is InChI=1S/C28H22Cl4F3N3O4/c1-27(2,3)42-26(41)37-19-9-8-18(34)23(22(19)35)38-24(39)14-11-13(5-6-15(14)29)36-25(40)21-20(28(21,31)32)12-4-7-17(33)16(30)10-12/h4-11,20-21H,1-3H3,(H,36,40)(H,37,41)(H,38,39)/t20-,21+/m0/s1. The van der Waals surface area contributed by atoms with Gasteiger partial charge in [0.1, 0.15) is 27.3 Å². The molecule has 1 aliphatic rings. The van der Waals surface area contributed by atoms with Gasteiger partial charge in [-0.1, -0.05) is 29.3 Å². The molecule has 222 valence electrons. The number of amides is 3. The third-order valence-electron chi connectivity index (χ3n) is 6.08. The molecule has 0 heterocycles. The molecule has 0 bridgehead atoms. The van der Waals surface area contributed by atoms with Crippen LogP contribution < -0.4 is 16.0 Å². The number of carbonyl (C=O) groups is 3. The lowest BCUT2D eigenvalue weighted by atomic mass is 10.1. The normalized spacial score (nSPS) is 17.3. The van der Waals surface area contributed by atoms with Crippen LogP contribution in [0.2, 0.25) is 10.0 Å². The summed E-state index contributed by atoms with van der Waals surface area (Å²) in [6.45, 7) is 4.81. The lowest BCUT2D eigenvalue weighted by Crippen LogP contribution is -2.27. The fraction of sp³-hybridized carbons (Fsp3) is 0.250. The van der Waals surface area contributed by atoms with E-state index in [9.17, 15) is 23.2 Å². The van der Waals surface area contributed by atoms with Crippen molar-refractivity contribution < 1.29 is 32.3 Å². The highest BCUT2D eigenvalue weighted by Gasteiger charge is 2.67.